The van der Waals surface area contributed by atoms with E-state index in [0.717, 1.165) is 31.2 Å². The summed E-state index contributed by atoms with van der Waals surface area (Å²) in [6, 6.07) is 9.05. The summed E-state index contributed by atoms with van der Waals surface area (Å²) in [5.74, 6) is 0.505. The number of anilines is 1. The lowest BCUT2D eigenvalue weighted by molar-refractivity contribution is 0.196. The Bertz CT molecular complexity index is 478. The average Bonchev–Trinajstić information content (AvgIpc) is 2.55. The quantitative estimate of drug-likeness (QED) is 0.626. The summed E-state index contributed by atoms with van der Waals surface area (Å²) in [4.78, 5) is 6.89. The molecule has 0 aliphatic heterocycles. The molecule has 0 unspecified atom stereocenters. The number of hydrogen-bond donors (Lipinski definition) is 2. The van der Waals surface area contributed by atoms with E-state index in [1.54, 1.807) is 0 Å². The van der Waals surface area contributed by atoms with E-state index in [0.29, 0.717) is 5.96 Å². The lowest BCUT2D eigenvalue weighted by Crippen LogP contribution is -2.35. The van der Waals surface area contributed by atoms with Gasteiger partial charge in [0, 0.05) is 18.3 Å². The van der Waals surface area contributed by atoms with E-state index in [4.69, 9.17) is 5.73 Å². The molecule has 0 heterocycles. The SMILES string of the molecule is CCc1cccc(NC(N)=NCCN(C)C2CCCCC2)c1. The third-order valence-corrected chi connectivity index (χ3v) is 4.54. The van der Waals surface area contributed by atoms with Gasteiger partial charge in [-0.15, -0.1) is 0 Å². The van der Waals surface area contributed by atoms with Gasteiger partial charge in [-0.05, 0) is 44.0 Å². The Kier molecular flexibility index (Phi) is 6.72. The molecule has 0 atom stereocenters. The maximum atomic E-state index is 5.98. The van der Waals surface area contributed by atoms with E-state index in [2.05, 4.69) is 41.3 Å². The van der Waals surface area contributed by atoms with Crippen LogP contribution in [0.15, 0.2) is 29.3 Å². The third-order valence-electron chi connectivity index (χ3n) is 4.54. The fourth-order valence-electron chi connectivity index (χ4n) is 3.09. The van der Waals surface area contributed by atoms with Crippen molar-refractivity contribution in [2.24, 2.45) is 10.7 Å². The minimum atomic E-state index is 0.505. The molecule has 0 saturated heterocycles. The Hall–Kier alpha value is -1.55. The van der Waals surface area contributed by atoms with E-state index >= 15 is 0 Å². The Morgan fingerprint density at radius 2 is 2.09 bits per heavy atom. The molecule has 3 N–H and O–H groups in total. The summed E-state index contributed by atoms with van der Waals surface area (Å²) in [5.41, 5.74) is 8.30. The molecule has 1 aromatic rings. The molecule has 0 amide bonds. The maximum absolute atomic E-state index is 5.98. The van der Waals surface area contributed by atoms with Crippen LogP contribution in [-0.4, -0.2) is 37.0 Å². The summed E-state index contributed by atoms with van der Waals surface area (Å²) >= 11 is 0. The minimum absolute atomic E-state index is 0.505. The van der Waals surface area contributed by atoms with Gasteiger partial charge in [0.15, 0.2) is 5.96 Å². The standard InChI is InChI=1S/C18H30N4/c1-3-15-8-7-9-16(14-15)21-18(19)20-12-13-22(2)17-10-5-4-6-11-17/h7-9,14,17H,3-6,10-13H2,1-2H3,(H3,19,20,21). The van der Waals surface area contributed by atoms with Crippen LogP contribution in [0.3, 0.4) is 0 Å². The van der Waals surface area contributed by atoms with E-state index in [9.17, 15) is 0 Å². The van der Waals surface area contributed by atoms with Crippen LogP contribution < -0.4 is 11.1 Å². The second-order valence-electron chi connectivity index (χ2n) is 6.22. The molecule has 0 bridgehead atoms. The normalized spacial score (nSPS) is 17.0. The number of benzene rings is 1. The fraction of sp³-hybridized carbons (Fsp3) is 0.611. The molecule has 1 aliphatic rings. The topological polar surface area (TPSA) is 53.6 Å². The number of nitrogens with zero attached hydrogens (tertiary/aromatic N) is 2. The lowest BCUT2D eigenvalue weighted by Gasteiger charge is -2.30. The number of guanidine groups is 1. The Labute approximate surface area is 134 Å². The zero-order valence-electron chi connectivity index (χ0n) is 14.0. The van der Waals surface area contributed by atoms with Gasteiger partial charge >= 0.3 is 0 Å². The van der Waals surface area contributed by atoms with E-state index in [-0.39, 0.29) is 0 Å². The molecule has 1 saturated carbocycles. The van der Waals surface area contributed by atoms with Gasteiger partial charge in [0.05, 0.1) is 6.54 Å². The lowest BCUT2D eigenvalue weighted by atomic mass is 9.94. The van der Waals surface area contributed by atoms with Gasteiger partial charge < -0.3 is 16.0 Å². The number of nitrogens with one attached hydrogen (secondary N) is 1. The van der Waals surface area contributed by atoms with Crippen LogP contribution >= 0.6 is 0 Å². The first-order valence-corrected chi connectivity index (χ1v) is 8.55. The van der Waals surface area contributed by atoms with Crippen molar-refractivity contribution >= 4 is 11.6 Å². The van der Waals surface area contributed by atoms with Crippen molar-refractivity contribution in [3.63, 3.8) is 0 Å². The molecule has 4 heteroatoms. The van der Waals surface area contributed by atoms with Crippen LogP contribution in [0.1, 0.15) is 44.6 Å². The highest BCUT2D eigenvalue weighted by Gasteiger charge is 2.17. The molecule has 0 aromatic heterocycles. The summed E-state index contributed by atoms with van der Waals surface area (Å²) in [7, 11) is 2.21. The van der Waals surface area contributed by atoms with Crippen LogP contribution in [0.5, 0.6) is 0 Å². The van der Waals surface area contributed by atoms with E-state index < -0.39 is 0 Å². The fourth-order valence-corrected chi connectivity index (χ4v) is 3.09. The molecule has 1 fully saturated rings. The highest BCUT2D eigenvalue weighted by Crippen LogP contribution is 2.21. The number of likely N-dealkylation sites (N-methyl/N-ethyl adjacent to an activating group) is 1. The molecule has 1 aliphatic carbocycles. The second-order valence-corrected chi connectivity index (χ2v) is 6.22. The van der Waals surface area contributed by atoms with Crippen molar-refractivity contribution in [3.05, 3.63) is 29.8 Å². The smallest absolute Gasteiger partial charge is 0.193 e. The zero-order chi connectivity index (χ0) is 15.8. The van der Waals surface area contributed by atoms with Gasteiger partial charge in [-0.2, -0.15) is 0 Å². The van der Waals surface area contributed by atoms with E-state index in [1.165, 1.54) is 37.7 Å². The molecule has 122 valence electrons. The van der Waals surface area contributed by atoms with Crippen LogP contribution in [0.4, 0.5) is 5.69 Å². The third kappa shape index (κ3) is 5.34. The number of aryl methyl sites for hydroxylation is 1. The highest BCUT2D eigenvalue weighted by molar-refractivity contribution is 5.92. The number of hydrogen-bond acceptors (Lipinski definition) is 2. The number of nitrogens with two attached hydrogens (primary N) is 1. The van der Waals surface area contributed by atoms with Crippen LogP contribution in [-0.2, 0) is 6.42 Å². The molecule has 1 aromatic carbocycles. The first-order chi connectivity index (χ1) is 10.7. The molecular weight excluding hydrogens is 272 g/mol. The summed E-state index contributed by atoms with van der Waals surface area (Å²) < 4.78 is 0. The summed E-state index contributed by atoms with van der Waals surface area (Å²) in [6.07, 6.45) is 7.83. The zero-order valence-corrected chi connectivity index (χ0v) is 14.0. The van der Waals surface area contributed by atoms with Crippen LogP contribution in [0, 0.1) is 0 Å². The van der Waals surface area contributed by atoms with Crippen molar-refractivity contribution in [2.45, 2.75) is 51.5 Å². The minimum Gasteiger partial charge on any atom is -0.370 e. The van der Waals surface area contributed by atoms with Crippen molar-refractivity contribution in [3.8, 4) is 0 Å². The van der Waals surface area contributed by atoms with Crippen molar-refractivity contribution in [1.82, 2.24) is 4.90 Å². The number of rotatable bonds is 6. The van der Waals surface area contributed by atoms with E-state index in [1.807, 2.05) is 12.1 Å². The molecule has 22 heavy (non-hydrogen) atoms. The Balaban J connectivity index is 1.76. The first kappa shape index (κ1) is 16.8. The van der Waals surface area contributed by atoms with Gasteiger partial charge in [0.1, 0.15) is 0 Å². The van der Waals surface area contributed by atoms with Gasteiger partial charge in [0.2, 0.25) is 0 Å². The predicted octanol–water partition coefficient (Wildman–Crippen LogP) is 3.24. The van der Waals surface area contributed by atoms with Crippen molar-refractivity contribution in [1.29, 1.82) is 0 Å². The van der Waals surface area contributed by atoms with Gasteiger partial charge in [-0.3, -0.25) is 4.99 Å². The molecule has 4 nitrogen and oxygen atoms in total. The molecular formula is C18H30N4. The molecule has 0 spiro atoms. The molecule has 0 radical (unpaired) electrons. The maximum Gasteiger partial charge on any atom is 0.193 e. The Morgan fingerprint density at radius 1 is 1.32 bits per heavy atom. The molecule has 2 rings (SSSR count). The van der Waals surface area contributed by atoms with Crippen molar-refractivity contribution < 1.29 is 0 Å². The average molecular weight is 302 g/mol. The number of aliphatic imine (C=N–C) groups is 1. The second kappa shape index (κ2) is 8.79. The van der Waals surface area contributed by atoms with Gasteiger partial charge in [-0.25, -0.2) is 0 Å². The highest BCUT2D eigenvalue weighted by atomic mass is 15.2. The van der Waals surface area contributed by atoms with Crippen molar-refractivity contribution in [2.75, 3.05) is 25.5 Å². The first-order valence-electron chi connectivity index (χ1n) is 8.55. The van der Waals surface area contributed by atoms with Crippen LogP contribution in [0.25, 0.3) is 0 Å². The summed E-state index contributed by atoms with van der Waals surface area (Å²) in [6.45, 7) is 3.87. The van der Waals surface area contributed by atoms with Gasteiger partial charge in [-0.1, -0.05) is 38.3 Å². The Morgan fingerprint density at radius 3 is 2.82 bits per heavy atom. The predicted molar refractivity (Wildman–Crippen MR) is 95.4 cm³/mol. The largest absolute Gasteiger partial charge is 0.370 e. The summed E-state index contributed by atoms with van der Waals surface area (Å²) in [5, 5.41) is 3.18. The van der Waals surface area contributed by atoms with Crippen LogP contribution in [0.2, 0.25) is 0 Å². The monoisotopic (exact) mass is 302 g/mol. The van der Waals surface area contributed by atoms with Gasteiger partial charge in [0.25, 0.3) is 0 Å².